The Bertz CT molecular complexity index is 904. The van der Waals surface area contributed by atoms with Crippen molar-refractivity contribution in [3.8, 4) is 17.0 Å². The van der Waals surface area contributed by atoms with Crippen LogP contribution in [0.1, 0.15) is 24.0 Å². The molecule has 3 N–H and O–H groups in total. The summed E-state index contributed by atoms with van der Waals surface area (Å²) in [4.78, 5) is 3.54. The number of methoxy groups -OCH3 is 1. The molecule has 0 saturated carbocycles. The standard InChI is InChI=1S/C20H22BrClN2O/c1-12-6-5-8-15(20(12)25-2)18-14(7-3-4-9-23)16-10-13(21)11-17(22)19(16)24-18/h5-6,8,10-11,24H,3-4,7,9,23H2,1-2H3. The van der Waals surface area contributed by atoms with Gasteiger partial charge in [0.05, 0.1) is 23.3 Å². The van der Waals surface area contributed by atoms with E-state index in [-0.39, 0.29) is 0 Å². The second-order valence-electron chi connectivity index (χ2n) is 6.19. The molecular weight excluding hydrogens is 400 g/mol. The van der Waals surface area contributed by atoms with Crippen molar-refractivity contribution in [1.29, 1.82) is 0 Å². The fourth-order valence-corrected chi connectivity index (χ4v) is 4.19. The predicted molar refractivity (Wildman–Crippen MR) is 110 cm³/mol. The van der Waals surface area contributed by atoms with Gasteiger partial charge in [0.1, 0.15) is 5.75 Å². The number of benzene rings is 2. The van der Waals surface area contributed by atoms with Crippen molar-refractivity contribution < 1.29 is 4.74 Å². The topological polar surface area (TPSA) is 51.0 Å². The van der Waals surface area contributed by atoms with Crippen LogP contribution in [0.25, 0.3) is 22.2 Å². The number of aromatic amines is 1. The molecule has 5 heteroatoms. The number of ether oxygens (including phenoxy) is 1. The van der Waals surface area contributed by atoms with E-state index in [0.717, 1.165) is 57.2 Å². The zero-order valence-electron chi connectivity index (χ0n) is 14.5. The van der Waals surface area contributed by atoms with Crippen LogP contribution in [0.2, 0.25) is 5.02 Å². The molecule has 25 heavy (non-hydrogen) atoms. The first kappa shape index (κ1) is 18.3. The van der Waals surface area contributed by atoms with Crippen molar-refractivity contribution in [1.82, 2.24) is 4.98 Å². The Hall–Kier alpha value is -1.49. The average Bonchev–Trinajstić information content (AvgIpc) is 2.94. The van der Waals surface area contributed by atoms with E-state index in [1.807, 2.05) is 6.07 Å². The highest BCUT2D eigenvalue weighted by molar-refractivity contribution is 9.10. The first-order valence-corrected chi connectivity index (χ1v) is 9.57. The van der Waals surface area contributed by atoms with Gasteiger partial charge in [-0.05, 0) is 62.1 Å². The van der Waals surface area contributed by atoms with Gasteiger partial charge >= 0.3 is 0 Å². The molecule has 3 aromatic rings. The lowest BCUT2D eigenvalue weighted by Gasteiger charge is -2.12. The van der Waals surface area contributed by atoms with Gasteiger partial charge < -0.3 is 15.5 Å². The number of halogens is 2. The molecule has 1 heterocycles. The van der Waals surface area contributed by atoms with E-state index in [2.05, 4.69) is 52.1 Å². The Balaban J connectivity index is 2.25. The number of hydrogen-bond acceptors (Lipinski definition) is 2. The van der Waals surface area contributed by atoms with Crippen molar-refractivity contribution in [2.24, 2.45) is 5.73 Å². The van der Waals surface area contributed by atoms with Crippen molar-refractivity contribution in [2.45, 2.75) is 26.2 Å². The van der Waals surface area contributed by atoms with Gasteiger partial charge in [0.25, 0.3) is 0 Å². The molecule has 132 valence electrons. The monoisotopic (exact) mass is 420 g/mol. The number of hydrogen-bond donors (Lipinski definition) is 2. The Morgan fingerprint density at radius 3 is 2.76 bits per heavy atom. The number of aryl methyl sites for hydroxylation is 2. The third-order valence-corrected chi connectivity index (χ3v) is 5.25. The van der Waals surface area contributed by atoms with Crippen LogP contribution in [0.3, 0.4) is 0 Å². The van der Waals surface area contributed by atoms with Crippen LogP contribution >= 0.6 is 27.5 Å². The molecule has 0 aliphatic carbocycles. The van der Waals surface area contributed by atoms with Crippen LogP contribution in [0.5, 0.6) is 5.75 Å². The van der Waals surface area contributed by atoms with Crippen molar-refractivity contribution in [3.63, 3.8) is 0 Å². The highest BCUT2D eigenvalue weighted by Gasteiger charge is 2.19. The van der Waals surface area contributed by atoms with E-state index in [0.29, 0.717) is 11.6 Å². The zero-order valence-corrected chi connectivity index (χ0v) is 16.8. The van der Waals surface area contributed by atoms with Crippen LogP contribution in [0.4, 0.5) is 0 Å². The molecule has 1 aromatic heterocycles. The molecule has 3 rings (SSSR count). The molecule has 0 saturated heterocycles. The number of nitrogens with two attached hydrogens (primary N) is 1. The van der Waals surface area contributed by atoms with E-state index in [4.69, 9.17) is 22.1 Å². The number of unbranched alkanes of at least 4 members (excludes halogenated alkanes) is 1. The fourth-order valence-electron chi connectivity index (χ4n) is 3.33. The molecule has 0 fully saturated rings. The summed E-state index contributed by atoms with van der Waals surface area (Å²) in [6, 6.07) is 10.2. The lowest BCUT2D eigenvalue weighted by Crippen LogP contribution is -1.99. The van der Waals surface area contributed by atoms with Crippen LogP contribution in [0, 0.1) is 6.92 Å². The van der Waals surface area contributed by atoms with Gasteiger partial charge in [-0.2, -0.15) is 0 Å². The van der Waals surface area contributed by atoms with Crippen LogP contribution in [-0.2, 0) is 6.42 Å². The minimum absolute atomic E-state index is 0.704. The number of aromatic nitrogens is 1. The van der Waals surface area contributed by atoms with Gasteiger partial charge in [-0.1, -0.05) is 39.7 Å². The number of para-hydroxylation sites is 1. The minimum Gasteiger partial charge on any atom is -0.496 e. The Kier molecular flexibility index (Phi) is 5.72. The van der Waals surface area contributed by atoms with Gasteiger partial charge in [0.2, 0.25) is 0 Å². The summed E-state index contributed by atoms with van der Waals surface area (Å²) < 4.78 is 6.66. The summed E-state index contributed by atoms with van der Waals surface area (Å²) in [6.07, 6.45) is 2.98. The molecule has 0 bridgehead atoms. The summed E-state index contributed by atoms with van der Waals surface area (Å²) in [5.74, 6) is 0.893. The quantitative estimate of drug-likeness (QED) is 0.490. The first-order chi connectivity index (χ1) is 12.1. The van der Waals surface area contributed by atoms with Crippen molar-refractivity contribution in [2.75, 3.05) is 13.7 Å². The highest BCUT2D eigenvalue weighted by Crippen LogP contribution is 2.40. The predicted octanol–water partition coefficient (Wildman–Crippen LogP) is 5.85. The third kappa shape index (κ3) is 3.57. The van der Waals surface area contributed by atoms with Crippen molar-refractivity contribution >= 4 is 38.4 Å². The molecule has 0 amide bonds. The van der Waals surface area contributed by atoms with E-state index >= 15 is 0 Å². The molecule has 0 aliphatic heterocycles. The molecule has 0 spiro atoms. The smallest absolute Gasteiger partial charge is 0.131 e. The normalized spacial score (nSPS) is 11.2. The molecule has 3 nitrogen and oxygen atoms in total. The maximum atomic E-state index is 6.49. The Labute approximate surface area is 161 Å². The number of rotatable bonds is 6. The molecule has 0 aliphatic rings. The minimum atomic E-state index is 0.704. The zero-order chi connectivity index (χ0) is 18.0. The second-order valence-corrected chi connectivity index (χ2v) is 7.51. The van der Waals surface area contributed by atoms with E-state index in [1.54, 1.807) is 7.11 Å². The largest absolute Gasteiger partial charge is 0.496 e. The molecule has 2 aromatic carbocycles. The van der Waals surface area contributed by atoms with E-state index in [1.165, 1.54) is 5.56 Å². The second kappa shape index (κ2) is 7.81. The molecule has 0 unspecified atom stereocenters. The summed E-state index contributed by atoms with van der Waals surface area (Å²) in [5.41, 5.74) is 11.2. The Morgan fingerprint density at radius 1 is 1.24 bits per heavy atom. The number of fused-ring (bicyclic) bond motifs is 1. The highest BCUT2D eigenvalue weighted by atomic mass is 79.9. The number of nitrogens with one attached hydrogen (secondary N) is 1. The van der Waals surface area contributed by atoms with Gasteiger partial charge in [-0.15, -0.1) is 0 Å². The van der Waals surface area contributed by atoms with Gasteiger partial charge in [-0.25, -0.2) is 0 Å². The van der Waals surface area contributed by atoms with E-state index < -0.39 is 0 Å². The third-order valence-electron chi connectivity index (χ3n) is 4.50. The lowest BCUT2D eigenvalue weighted by atomic mass is 9.98. The van der Waals surface area contributed by atoms with Crippen LogP contribution < -0.4 is 10.5 Å². The van der Waals surface area contributed by atoms with Gasteiger partial charge in [0.15, 0.2) is 0 Å². The van der Waals surface area contributed by atoms with Crippen LogP contribution in [0.15, 0.2) is 34.8 Å². The fraction of sp³-hybridized carbons (Fsp3) is 0.300. The summed E-state index contributed by atoms with van der Waals surface area (Å²) in [7, 11) is 1.71. The maximum Gasteiger partial charge on any atom is 0.131 e. The number of H-pyrrole nitrogens is 1. The molecule has 0 radical (unpaired) electrons. The van der Waals surface area contributed by atoms with Gasteiger partial charge in [-0.3, -0.25) is 0 Å². The van der Waals surface area contributed by atoms with Gasteiger partial charge in [0, 0.05) is 15.4 Å². The maximum absolute atomic E-state index is 6.49. The summed E-state index contributed by atoms with van der Waals surface area (Å²) in [5, 5.41) is 1.86. The van der Waals surface area contributed by atoms with Crippen LogP contribution in [-0.4, -0.2) is 18.6 Å². The van der Waals surface area contributed by atoms with E-state index in [9.17, 15) is 0 Å². The summed E-state index contributed by atoms with van der Waals surface area (Å²) >= 11 is 10.1. The lowest BCUT2D eigenvalue weighted by molar-refractivity contribution is 0.413. The first-order valence-electron chi connectivity index (χ1n) is 8.40. The molecule has 0 atom stereocenters. The SMILES string of the molecule is COc1c(C)cccc1-c1[nH]c2c(Cl)cc(Br)cc2c1CCCCN. The Morgan fingerprint density at radius 2 is 2.04 bits per heavy atom. The average molecular weight is 422 g/mol. The van der Waals surface area contributed by atoms with Crippen molar-refractivity contribution in [3.05, 3.63) is 51.0 Å². The molecular formula is C20H22BrClN2O. The summed E-state index contributed by atoms with van der Waals surface area (Å²) in [6.45, 7) is 2.76.